The highest BCUT2D eigenvalue weighted by Gasteiger charge is 2.54. The predicted molar refractivity (Wildman–Crippen MR) is 69.7 cm³/mol. The van der Waals surface area contributed by atoms with Crippen LogP contribution in [0.5, 0.6) is 0 Å². The molecule has 0 heterocycles. The molecule has 1 fully saturated rings. The van der Waals surface area contributed by atoms with E-state index in [2.05, 4.69) is 0 Å². The first kappa shape index (κ1) is 16.6. The summed E-state index contributed by atoms with van der Waals surface area (Å²) in [5.74, 6) is -4.24. The van der Waals surface area contributed by atoms with Crippen LogP contribution in [-0.2, 0) is 23.9 Å². The van der Waals surface area contributed by atoms with E-state index in [0.29, 0.717) is 0 Å². The molecule has 4 atom stereocenters. The lowest BCUT2D eigenvalue weighted by Crippen LogP contribution is -2.55. The van der Waals surface area contributed by atoms with Gasteiger partial charge in [0.1, 0.15) is 11.7 Å². The normalized spacial score (nSPS) is 33.6. The van der Waals surface area contributed by atoms with Crippen LogP contribution in [0.1, 0.15) is 34.1 Å². The molecule has 0 aliphatic heterocycles. The van der Waals surface area contributed by atoms with Gasteiger partial charge in [0.25, 0.3) is 0 Å². The number of aliphatic hydroxyl groups is 1. The molecule has 114 valence electrons. The second-order valence-corrected chi connectivity index (χ2v) is 5.32. The molecule has 1 saturated carbocycles. The molecule has 0 radical (unpaired) electrons. The van der Waals surface area contributed by atoms with Gasteiger partial charge in [-0.05, 0) is 26.7 Å². The number of esters is 2. The average molecular weight is 286 g/mol. The van der Waals surface area contributed by atoms with Crippen molar-refractivity contribution in [2.45, 2.75) is 39.7 Å². The van der Waals surface area contributed by atoms with Gasteiger partial charge in [0.15, 0.2) is 0 Å². The predicted octanol–water partition coefficient (Wildman–Crippen LogP) is 0.705. The standard InChI is InChI=1S/C14H22O6/c1-5-19-12(16)10-8(3)11(13(17)20-6-2)14(4,18)7-9(10)15/h8,10-11,18H,5-7H2,1-4H3/t8-,10-,11+,14-/m1/s1. The van der Waals surface area contributed by atoms with Crippen LogP contribution in [0, 0.1) is 17.8 Å². The fourth-order valence-corrected chi connectivity index (χ4v) is 2.90. The molecule has 0 aromatic carbocycles. The Morgan fingerprint density at radius 3 is 2.25 bits per heavy atom. The third-order valence-electron chi connectivity index (χ3n) is 3.68. The van der Waals surface area contributed by atoms with E-state index in [0.717, 1.165) is 0 Å². The van der Waals surface area contributed by atoms with Crippen LogP contribution >= 0.6 is 0 Å². The minimum Gasteiger partial charge on any atom is -0.466 e. The monoisotopic (exact) mass is 286 g/mol. The minimum atomic E-state index is -1.51. The Morgan fingerprint density at radius 1 is 1.25 bits per heavy atom. The first-order chi connectivity index (χ1) is 9.26. The lowest BCUT2D eigenvalue weighted by atomic mass is 9.64. The Morgan fingerprint density at radius 2 is 1.75 bits per heavy atom. The van der Waals surface area contributed by atoms with E-state index in [9.17, 15) is 19.5 Å². The Hall–Kier alpha value is -1.43. The highest BCUT2D eigenvalue weighted by molar-refractivity contribution is 6.01. The third-order valence-corrected chi connectivity index (χ3v) is 3.68. The highest BCUT2D eigenvalue weighted by Crippen LogP contribution is 2.40. The van der Waals surface area contributed by atoms with Crippen LogP contribution < -0.4 is 0 Å². The van der Waals surface area contributed by atoms with E-state index in [1.165, 1.54) is 6.92 Å². The summed E-state index contributed by atoms with van der Waals surface area (Å²) in [6.07, 6.45) is -0.260. The maximum Gasteiger partial charge on any atom is 0.316 e. The van der Waals surface area contributed by atoms with Crippen LogP contribution in [0.3, 0.4) is 0 Å². The summed E-state index contributed by atoms with van der Waals surface area (Å²) in [7, 11) is 0. The average Bonchev–Trinajstić information content (AvgIpc) is 2.27. The Bertz CT molecular complexity index is 400. The van der Waals surface area contributed by atoms with Gasteiger partial charge < -0.3 is 14.6 Å². The van der Waals surface area contributed by atoms with E-state index in [1.54, 1.807) is 20.8 Å². The molecule has 6 heteroatoms. The summed E-state index contributed by atoms with van der Waals surface area (Å²) >= 11 is 0. The molecule has 20 heavy (non-hydrogen) atoms. The molecule has 1 rings (SSSR count). The summed E-state index contributed by atoms with van der Waals surface area (Å²) in [5.41, 5.74) is -1.51. The summed E-state index contributed by atoms with van der Waals surface area (Å²) in [6.45, 7) is 6.66. The second-order valence-electron chi connectivity index (χ2n) is 5.32. The van der Waals surface area contributed by atoms with Crippen molar-refractivity contribution in [3.8, 4) is 0 Å². The molecule has 1 aliphatic rings. The van der Waals surface area contributed by atoms with Crippen LogP contribution in [0.4, 0.5) is 0 Å². The number of hydrogen-bond acceptors (Lipinski definition) is 6. The molecule has 6 nitrogen and oxygen atoms in total. The summed E-state index contributed by atoms with van der Waals surface area (Å²) in [4.78, 5) is 35.9. The van der Waals surface area contributed by atoms with Gasteiger partial charge in [-0.25, -0.2) is 0 Å². The molecule has 1 aliphatic carbocycles. The number of hydrogen-bond donors (Lipinski definition) is 1. The molecular weight excluding hydrogens is 264 g/mol. The van der Waals surface area contributed by atoms with E-state index in [1.807, 2.05) is 0 Å². The highest BCUT2D eigenvalue weighted by atomic mass is 16.5. The largest absolute Gasteiger partial charge is 0.466 e. The molecule has 1 N–H and O–H groups in total. The summed E-state index contributed by atoms with van der Waals surface area (Å²) in [6, 6.07) is 0. The SMILES string of the molecule is CCOC(=O)[C@H]1C(=O)C[C@@](C)(O)[C@H](C(=O)OCC)[C@@H]1C. The van der Waals surface area contributed by atoms with Crippen molar-refractivity contribution in [3.63, 3.8) is 0 Å². The van der Waals surface area contributed by atoms with Crippen molar-refractivity contribution in [1.29, 1.82) is 0 Å². The van der Waals surface area contributed by atoms with E-state index >= 15 is 0 Å². The Balaban J connectivity index is 3.05. The maximum absolute atomic E-state index is 12.0. The molecule has 0 amide bonds. The number of rotatable bonds is 4. The van der Waals surface area contributed by atoms with Gasteiger partial charge in [-0.3, -0.25) is 14.4 Å². The number of carbonyl (C=O) groups excluding carboxylic acids is 3. The van der Waals surface area contributed by atoms with E-state index in [4.69, 9.17) is 9.47 Å². The van der Waals surface area contributed by atoms with Crippen LogP contribution in [0.25, 0.3) is 0 Å². The van der Waals surface area contributed by atoms with Gasteiger partial charge in [0.05, 0.1) is 24.7 Å². The fraction of sp³-hybridized carbons (Fsp3) is 0.786. The van der Waals surface area contributed by atoms with Crippen molar-refractivity contribution in [1.82, 2.24) is 0 Å². The summed E-state index contributed by atoms with van der Waals surface area (Å²) in [5, 5.41) is 10.3. The van der Waals surface area contributed by atoms with Crippen molar-refractivity contribution < 1.29 is 29.0 Å². The maximum atomic E-state index is 12.0. The zero-order valence-electron chi connectivity index (χ0n) is 12.3. The van der Waals surface area contributed by atoms with Gasteiger partial charge >= 0.3 is 11.9 Å². The molecule has 0 aromatic heterocycles. The van der Waals surface area contributed by atoms with Crippen LogP contribution in [0.15, 0.2) is 0 Å². The van der Waals surface area contributed by atoms with Crippen LogP contribution in [0.2, 0.25) is 0 Å². The van der Waals surface area contributed by atoms with Gasteiger partial charge in [-0.15, -0.1) is 0 Å². The van der Waals surface area contributed by atoms with Crippen molar-refractivity contribution in [3.05, 3.63) is 0 Å². The number of Topliss-reactive ketones (excluding diaryl/α,β-unsaturated/α-hetero) is 1. The molecule has 0 spiro atoms. The topological polar surface area (TPSA) is 89.9 Å². The number of carbonyl (C=O) groups is 3. The molecule has 0 aromatic rings. The lowest BCUT2D eigenvalue weighted by Gasteiger charge is -2.41. The number of ketones is 1. The molecule has 0 unspecified atom stereocenters. The Kier molecular flexibility index (Phi) is 5.28. The van der Waals surface area contributed by atoms with Crippen LogP contribution in [-0.4, -0.2) is 41.6 Å². The lowest BCUT2D eigenvalue weighted by molar-refractivity contribution is -0.176. The van der Waals surface area contributed by atoms with Crippen molar-refractivity contribution in [2.24, 2.45) is 17.8 Å². The zero-order valence-corrected chi connectivity index (χ0v) is 12.3. The molecule has 0 saturated heterocycles. The molecular formula is C14H22O6. The van der Waals surface area contributed by atoms with E-state index in [-0.39, 0.29) is 19.6 Å². The second kappa shape index (κ2) is 6.35. The van der Waals surface area contributed by atoms with Gasteiger partial charge in [0, 0.05) is 6.42 Å². The van der Waals surface area contributed by atoms with Gasteiger partial charge in [-0.2, -0.15) is 0 Å². The van der Waals surface area contributed by atoms with Crippen molar-refractivity contribution >= 4 is 17.7 Å². The first-order valence-corrected chi connectivity index (χ1v) is 6.84. The van der Waals surface area contributed by atoms with Crippen molar-refractivity contribution in [2.75, 3.05) is 13.2 Å². The van der Waals surface area contributed by atoms with Gasteiger partial charge in [-0.1, -0.05) is 6.92 Å². The fourth-order valence-electron chi connectivity index (χ4n) is 2.90. The summed E-state index contributed by atoms with van der Waals surface area (Å²) < 4.78 is 9.83. The molecule has 0 bridgehead atoms. The first-order valence-electron chi connectivity index (χ1n) is 6.84. The van der Waals surface area contributed by atoms with E-state index < -0.39 is 41.1 Å². The zero-order chi connectivity index (χ0) is 15.5. The third kappa shape index (κ3) is 3.17. The number of ether oxygens (including phenoxy) is 2. The Labute approximate surface area is 118 Å². The van der Waals surface area contributed by atoms with Gasteiger partial charge in [0.2, 0.25) is 0 Å². The quantitative estimate of drug-likeness (QED) is 0.604. The minimum absolute atomic E-state index is 0.162. The smallest absolute Gasteiger partial charge is 0.316 e.